The van der Waals surface area contributed by atoms with Crippen molar-refractivity contribution >= 4 is 51.7 Å². The van der Waals surface area contributed by atoms with E-state index in [-0.39, 0.29) is 5.95 Å². The molecule has 4 nitrogen and oxygen atoms in total. The molecule has 1 aromatic heterocycles. The van der Waals surface area contributed by atoms with E-state index in [1.807, 2.05) is 24.3 Å². The van der Waals surface area contributed by atoms with Gasteiger partial charge in [0.15, 0.2) is 5.75 Å². The average Bonchev–Trinajstić information content (AvgIpc) is 2.49. The summed E-state index contributed by atoms with van der Waals surface area (Å²) in [5, 5.41) is 2.14. The fraction of sp³-hybridized carbons (Fsp3) is 0.125. The first kappa shape index (κ1) is 16.1. The van der Waals surface area contributed by atoms with Crippen LogP contribution in [0.1, 0.15) is 5.69 Å². The van der Waals surface area contributed by atoms with Crippen molar-refractivity contribution in [1.82, 2.24) is 9.97 Å². The summed E-state index contributed by atoms with van der Waals surface area (Å²) in [6.07, 6.45) is 0.544. The highest BCUT2D eigenvalue weighted by atomic mass is 35.5. The number of halogens is 3. The van der Waals surface area contributed by atoms with Crippen molar-refractivity contribution in [3.63, 3.8) is 0 Å². The maximum Gasteiger partial charge on any atom is 0.220 e. The molecule has 0 fully saturated rings. The van der Waals surface area contributed by atoms with Crippen molar-refractivity contribution in [1.29, 1.82) is 0 Å². The monoisotopic (exact) mass is 367 g/mol. The van der Waals surface area contributed by atoms with Crippen molar-refractivity contribution in [2.24, 2.45) is 0 Å². The van der Waals surface area contributed by atoms with Gasteiger partial charge in [-0.3, -0.25) is 0 Å². The molecule has 0 amide bonds. The molecule has 118 valence electrons. The van der Waals surface area contributed by atoms with Gasteiger partial charge in [-0.1, -0.05) is 53.0 Å². The van der Waals surface area contributed by atoms with Crippen molar-refractivity contribution in [3.05, 3.63) is 57.2 Å². The second kappa shape index (κ2) is 6.79. The molecule has 0 saturated carbocycles. The van der Waals surface area contributed by atoms with Gasteiger partial charge in [-0.25, -0.2) is 9.97 Å². The fourth-order valence-corrected chi connectivity index (χ4v) is 3.20. The van der Waals surface area contributed by atoms with Crippen LogP contribution in [0.25, 0.3) is 10.9 Å². The maximum atomic E-state index is 6.10. The highest BCUT2D eigenvalue weighted by molar-refractivity contribution is 6.40. The molecule has 0 bridgehead atoms. The number of nitrogens with two attached hydrogens (primary N) is 1. The topological polar surface area (TPSA) is 61.0 Å². The first-order chi connectivity index (χ1) is 11.0. The van der Waals surface area contributed by atoms with E-state index < -0.39 is 0 Å². The minimum atomic E-state index is 0.237. The maximum absolute atomic E-state index is 6.10. The summed E-state index contributed by atoms with van der Waals surface area (Å²) in [7, 11) is 0. The highest BCUT2D eigenvalue weighted by Gasteiger charge is 2.11. The van der Waals surface area contributed by atoms with E-state index in [4.69, 9.17) is 45.3 Å². The molecule has 0 radical (unpaired) electrons. The molecule has 0 aliphatic carbocycles. The van der Waals surface area contributed by atoms with Crippen LogP contribution in [0.2, 0.25) is 15.1 Å². The van der Waals surface area contributed by atoms with Gasteiger partial charge in [-0.05, 0) is 18.2 Å². The quantitative estimate of drug-likeness (QED) is 0.719. The molecule has 2 aromatic carbocycles. The summed E-state index contributed by atoms with van der Waals surface area (Å²) >= 11 is 18.1. The van der Waals surface area contributed by atoms with E-state index in [1.54, 1.807) is 12.1 Å². The number of para-hydroxylation sites is 1. The van der Waals surface area contributed by atoms with Crippen LogP contribution in [0.3, 0.4) is 0 Å². The standard InChI is InChI=1S/C16H12Cl3N3O/c17-9-7-11(18)15(12(19)8-9)23-6-5-14-10-3-1-2-4-13(10)21-16(20)22-14/h1-4,7-8H,5-6H2,(H2,20,21,22). The van der Waals surface area contributed by atoms with Crippen LogP contribution >= 0.6 is 34.8 Å². The Kier molecular flexibility index (Phi) is 4.76. The minimum absolute atomic E-state index is 0.237. The van der Waals surface area contributed by atoms with E-state index in [0.717, 1.165) is 16.6 Å². The first-order valence-corrected chi connectivity index (χ1v) is 7.96. The van der Waals surface area contributed by atoms with Gasteiger partial charge in [0, 0.05) is 16.8 Å². The van der Waals surface area contributed by atoms with Gasteiger partial charge >= 0.3 is 0 Å². The molecule has 0 aliphatic rings. The molecule has 23 heavy (non-hydrogen) atoms. The number of nitrogens with zero attached hydrogens (tertiary/aromatic N) is 2. The molecule has 0 atom stereocenters. The van der Waals surface area contributed by atoms with E-state index in [2.05, 4.69) is 9.97 Å². The first-order valence-electron chi connectivity index (χ1n) is 6.83. The SMILES string of the molecule is Nc1nc(CCOc2c(Cl)cc(Cl)cc2Cl)c2ccccc2n1. The largest absolute Gasteiger partial charge is 0.490 e. The molecule has 7 heteroatoms. The van der Waals surface area contributed by atoms with E-state index >= 15 is 0 Å². The van der Waals surface area contributed by atoms with Gasteiger partial charge in [0.1, 0.15) is 0 Å². The molecule has 0 spiro atoms. The normalized spacial score (nSPS) is 10.9. The summed E-state index contributed by atoms with van der Waals surface area (Å²) in [6, 6.07) is 10.9. The zero-order valence-electron chi connectivity index (χ0n) is 11.9. The third-order valence-corrected chi connectivity index (χ3v) is 4.03. The average molecular weight is 369 g/mol. The Labute approximate surface area is 148 Å². The Morgan fingerprint density at radius 3 is 2.43 bits per heavy atom. The smallest absolute Gasteiger partial charge is 0.220 e. The van der Waals surface area contributed by atoms with Crippen LogP contribution in [0.5, 0.6) is 5.75 Å². The zero-order chi connectivity index (χ0) is 16.4. The molecular weight excluding hydrogens is 357 g/mol. The van der Waals surface area contributed by atoms with Gasteiger partial charge in [0.2, 0.25) is 5.95 Å². The van der Waals surface area contributed by atoms with Gasteiger partial charge in [0.05, 0.1) is 27.9 Å². The molecule has 3 rings (SSSR count). The van der Waals surface area contributed by atoms with E-state index in [0.29, 0.717) is 33.8 Å². The number of rotatable bonds is 4. The number of fused-ring (bicyclic) bond motifs is 1. The van der Waals surface area contributed by atoms with Gasteiger partial charge in [0.25, 0.3) is 0 Å². The van der Waals surface area contributed by atoms with Crippen LogP contribution in [-0.2, 0) is 6.42 Å². The highest BCUT2D eigenvalue weighted by Crippen LogP contribution is 2.35. The number of benzene rings is 2. The van der Waals surface area contributed by atoms with Crippen LogP contribution in [0.4, 0.5) is 5.95 Å². The zero-order valence-corrected chi connectivity index (χ0v) is 14.2. The van der Waals surface area contributed by atoms with Gasteiger partial charge < -0.3 is 10.5 Å². The summed E-state index contributed by atoms with van der Waals surface area (Å²) in [5.74, 6) is 0.644. The second-order valence-corrected chi connectivity index (χ2v) is 6.09. The van der Waals surface area contributed by atoms with Gasteiger partial charge in [-0.15, -0.1) is 0 Å². The number of hydrogen-bond acceptors (Lipinski definition) is 4. The lowest BCUT2D eigenvalue weighted by molar-refractivity contribution is 0.321. The molecule has 0 saturated heterocycles. The van der Waals surface area contributed by atoms with Gasteiger partial charge in [-0.2, -0.15) is 0 Å². The van der Waals surface area contributed by atoms with Crippen molar-refractivity contribution in [2.75, 3.05) is 12.3 Å². The minimum Gasteiger partial charge on any atom is -0.490 e. The third-order valence-electron chi connectivity index (χ3n) is 3.25. The van der Waals surface area contributed by atoms with Crippen molar-refractivity contribution < 1.29 is 4.74 Å². The Morgan fingerprint density at radius 2 is 1.70 bits per heavy atom. The van der Waals surface area contributed by atoms with Crippen LogP contribution in [0, 0.1) is 0 Å². The molecule has 3 aromatic rings. The number of nitrogen functional groups attached to an aromatic ring is 1. The predicted octanol–water partition coefficient (Wildman–Crippen LogP) is 4.79. The lowest BCUT2D eigenvalue weighted by Crippen LogP contribution is -2.07. The molecular formula is C16H12Cl3N3O. The van der Waals surface area contributed by atoms with E-state index in [1.165, 1.54) is 0 Å². The molecule has 0 aliphatic heterocycles. The predicted molar refractivity (Wildman–Crippen MR) is 94.6 cm³/mol. The molecule has 0 unspecified atom stereocenters. The van der Waals surface area contributed by atoms with E-state index in [9.17, 15) is 0 Å². The number of ether oxygens (including phenoxy) is 1. The number of anilines is 1. The Balaban J connectivity index is 1.80. The second-order valence-electron chi connectivity index (χ2n) is 4.84. The lowest BCUT2D eigenvalue weighted by atomic mass is 10.1. The Bertz CT molecular complexity index is 847. The number of hydrogen-bond donors (Lipinski definition) is 1. The summed E-state index contributed by atoms with van der Waals surface area (Å²) in [4.78, 5) is 8.50. The Morgan fingerprint density at radius 1 is 1.00 bits per heavy atom. The fourth-order valence-electron chi connectivity index (χ4n) is 2.27. The Hall–Kier alpha value is -1.75. The van der Waals surface area contributed by atoms with Crippen LogP contribution in [-0.4, -0.2) is 16.6 Å². The molecule has 2 N–H and O–H groups in total. The summed E-state index contributed by atoms with van der Waals surface area (Å²) in [5.41, 5.74) is 7.37. The number of aromatic nitrogens is 2. The molecule has 1 heterocycles. The van der Waals surface area contributed by atoms with Crippen LogP contribution < -0.4 is 10.5 Å². The summed E-state index contributed by atoms with van der Waals surface area (Å²) in [6.45, 7) is 0.349. The lowest BCUT2D eigenvalue weighted by Gasteiger charge is -2.11. The summed E-state index contributed by atoms with van der Waals surface area (Å²) < 4.78 is 5.69. The van der Waals surface area contributed by atoms with Crippen molar-refractivity contribution in [3.8, 4) is 5.75 Å². The van der Waals surface area contributed by atoms with Crippen molar-refractivity contribution in [2.45, 2.75) is 6.42 Å². The van der Waals surface area contributed by atoms with Crippen LogP contribution in [0.15, 0.2) is 36.4 Å². The third kappa shape index (κ3) is 3.61.